The van der Waals surface area contributed by atoms with Crippen molar-refractivity contribution in [2.45, 2.75) is 19.0 Å². The molecule has 1 aromatic carbocycles. The van der Waals surface area contributed by atoms with Crippen LogP contribution < -0.4 is 10.1 Å². The number of fused-ring (bicyclic) bond motifs is 1. The van der Waals surface area contributed by atoms with Gasteiger partial charge in [-0.25, -0.2) is 0 Å². The summed E-state index contributed by atoms with van der Waals surface area (Å²) in [7, 11) is 0. The molecule has 5 nitrogen and oxygen atoms in total. The van der Waals surface area contributed by atoms with E-state index in [1.54, 1.807) is 0 Å². The first-order chi connectivity index (χ1) is 10.8. The Morgan fingerprint density at radius 2 is 2.13 bits per heavy atom. The van der Waals surface area contributed by atoms with E-state index in [4.69, 9.17) is 4.74 Å². The number of likely N-dealkylation sites (tertiary alicyclic amines) is 1. The van der Waals surface area contributed by atoms with E-state index in [0.29, 0.717) is 24.4 Å². The number of anilines is 1. The Morgan fingerprint density at radius 1 is 1.35 bits per heavy atom. The Hall–Kier alpha value is -2.25. The third kappa shape index (κ3) is 3.25. The van der Waals surface area contributed by atoms with Crippen molar-refractivity contribution in [3.05, 3.63) is 23.8 Å². The minimum Gasteiger partial charge on any atom is -0.482 e. The predicted octanol–water partition coefficient (Wildman–Crippen LogP) is 2.43. The monoisotopic (exact) mass is 328 g/mol. The Morgan fingerprint density at radius 3 is 2.87 bits per heavy atom. The number of halogens is 3. The number of hydrogen-bond donors (Lipinski definition) is 1. The van der Waals surface area contributed by atoms with Crippen LogP contribution in [0.5, 0.6) is 5.75 Å². The van der Waals surface area contributed by atoms with E-state index >= 15 is 0 Å². The highest BCUT2D eigenvalue weighted by atomic mass is 19.4. The number of alkyl halides is 3. The molecule has 2 heterocycles. The second-order valence-electron chi connectivity index (χ2n) is 5.68. The number of carbonyl (C=O) groups is 2. The van der Waals surface area contributed by atoms with Crippen LogP contribution in [0, 0.1) is 5.92 Å². The van der Waals surface area contributed by atoms with E-state index < -0.39 is 18.0 Å². The molecule has 1 fully saturated rings. The summed E-state index contributed by atoms with van der Waals surface area (Å²) in [6.45, 7) is -0.165. The van der Waals surface area contributed by atoms with Crippen molar-refractivity contribution in [1.82, 2.24) is 4.90 Å². The molecule has 8 heteroatoms. The van der Waals surface area contributed by atoms with E-state index in [1.165, 1.54) is 23.1 Å². The molecule has 23 heavy (non-hydrogen) atoms. The van der Waals surface area contributed by atoms with Crippen LogP contribution in [-0.4, -0.2) is 42.6 Å². The normalized spacial score (nSPS) is 21.3. The number of nitrogens with one attached hydrogen (secondary N) is 1. The third-order valence-corrected chi connectivity index (χ3v) is 4.03. The van der Waals surface area contributed by atoms with Crippen LogP contribution in [0.4, 0.5) is 18.9 Å². The standard InChI is InChI=1S/C15H15F3N2O3/c16-15(17,18)10-2-1-5-20(7-10)14(22)9-3-4-11-12(6-9)23-8-13(21)19-11/h3-4,6,10H,1-2,5,7-8H2,(H,19,21). The van der Waals surface area contributed by atoms with Gasteiger partial charge in [-0.1, -0.05) is 0 Å². The van der Waals surface area contributed by atoms with Gasteiger partial charge in [0, 0.05) is 18.7 Å². The molecule has 0 saturated carbocycles. The number of carbonyl (C=O) groups excluding carboxylic acids is 2. The predicted molar refractivity (Wildman–Crippen MR) is 75.2 cm³/mol. The van der Waals surface area contributed by atoms with Gasteiger partial charge in [0.05, 0.1) is 11.6 Å². The average Bonchev–Trinajstić information content (AvgIpc) is 2.53. The lowest BCUT2D eigenvalue weighted by molar-refractivity contribution is -0.184. The van der Waals surface area contributed by atoms with Gasteiger partial charge < -0.3 is 15.0 Å². The molecular weight excluding hydrogens is 313 g/mol. The molecule has 2 aliphatic heterocycles. The summed E-state index contributed by atoms with van der Waals surface area (Å²) < 4.78 is 43.8. The van der Waals surface area contributed by atoms with Crippen LogP contribution in [0.2, 0.25) is 0 Å². The number of piperidine rings is 1. The van der Waals surface area contributed by atoms with E-state index in [2.05, 4.69) is 5.32 Å². The molecule has 1 atom stereocenters. The van der Waals surface area contributed by atoms with E-state index in [9.17, 15) is 22.8 Å². The first-order valence-electron chi connectivity index (χ1n) is 7.27. The Bertz CT molecular complexity index is 645. The fourth-order valence-electron chi connectivity index (χ4n) is 2.82. The molecule has 0 radical (unpaired) electrons. The molecule has 1 N–H and O–H groups in total. The lowest BCUT2D eigenvalue weighted by Crippen LogP contribution is -2.44. The minimum atomic E-state index is -4.29. The molecular formula is C15H15F3N2O3. The van der Waals surface area contributed by atoms with Crippen molar-refractivity contribution in [2.75, 3.05) is 25.0 Å². The van der Waals surface area contributed by atoms with Crippen molar-refractivity contribution >= 4 is 17.5 Å². The van der Waals surface area contributed by atoms with Crippen LogP contribution >= 0.6 is 0 Å². The molecule has 0 aliphatic carbocycles. The minimum absolute atomic E-state index is 0.0482. The fourth-order valence-corrected chi connectivity index (χ4v) is 2.82. The van der Waals surface area contributed by atoms with E-state index in [0.717, 1.165) is 0 Å². The maximum atomic E-state index is 12.8. The number of nitrogens with zero attached hydrogens (tertiary/aromatic N) is 1. The first-order valence-corrected chi connectivity index (χ1v) is 7.27. The SMILES string of the molecule is O=C1COc2cc(C(=O)N3CCCC(C(F)(F)F)C3)ccc2N1. The Balaban J connectivity index is 1.77. The van der Waals surface area contributed by atoms with Gasteiger partial charge in [0.25, 0.3) is 11.8 Å². The fraction of sp³-hybridized carbons (Fsp3) is 0.467. The Labute approximate surface area is 130 Å². The van der Waals surface area contributed by atoms with Crippen molar-refractivity contribution < 1.29 is 27.5 Å². The van der Waals surface area contributed by atoms with Crippen LogP contribution in [0.3, 0.4) is 0 Å². The van der Waals surface area contributed by atoms with Gasteiger partial charge in [0.1, 0.15) is 5.75 Å². The topological polar surface area (TPSA) is 58.6 Å². The molecule has 1 unspecified atom stereocenters. The molecule has 0 bridgehead atoms. The summed E-state index contributed by atoms with van der Waals surface area (Å²) in [6, 6.07) is 4.45. The zero-order valence-electron chi connectivity index (χ0n) is 12.2. The van der Waals surface area contributed by atoms with Crippen LogP contribution in [-0.2, 0) is 4.79 Å². The lowest BCUT2D eigenvalue weighted by atomic mass is 9.97. The molecule has 2 aliphatic rings. The summed E-state index contributed by atoms with van der Waals surface area (Å²) >= 11 is 0. The number of ether oxygens (including phenoxy) is 1. The van der Waals surface area contributed by atoms with Crippen molar-refractivity contribution in [3.63, 3.8) is 0 Å². The van der Waals surface area contributed by atoms with Crippen molar-refractivity contribution in [3.8, 4) is 5.75 Å². The lowest BCUT2D eigenvalue weighted by Gasteiger charge is -2.34. The van der Waals surface area contributed by atoms with Crippen LogP contribution in [0.1, 0.15) is 23.2 Å². The largest absolute Gasteiger partial charge is 0.482 e. The second-order valence-corrected chi connectivity index (χ2v) is 5.68. The van der Waals surface area contributed by atoms with Crippen LogP contribution in [0.15, 0.2) is 18.2 Å². The summed E-state index contributed by atoms with van der Waals surface area (Å²) in [4.78, 5) is 24.9. The van der Waals surface area contributed by atoms with Gasteiger partial charge >= 0.3 is 6.18 Å². The third-order valence-electron chi connectivity index (χ3n) is 4.03. The molecule has 2 amide bonds. The van der Waals surface area contributed by atoms with E-state index in [1.807, 2.05) is 0 Å². The first kappa shape index (κ1) is 15.6. The quantitative estimate of drug-likeness (QED) is 0.861. The van der Waals surface area contributed by atoms with Gasteiger partial charge in [-0.05, 0) is 31.0 Å². The smallest absolute Gasteiger partial charge is 0.393 e. The number of rotatable bonds is 1. The van der Waals surface area contributed by atoms with Gasteiger partial charge in [0.2, 0.25) is 0 Å². The highest BCUT2D eigenvalue weighted by molar-refractivity contribution is 5.99. The average molecular weight is 328 g/mol. The van der Waals surface area contributed by atoms with Gasteiger partial charge in [-0.15, -0.1) is 0 Å². The zero-order valence-corrected chi connectivity index (χ0v) is 12.2. The van der Waals surface area contributed by atoms with Gasteiger partial charge in [-0.3, -0.25) is 9.59 Å². The van der Waals surface area contributed by atoms with E-state index in [-0.39, 0.29) is 31.0 Å². The summed E-state index contributed by atoms with van der Waals surface area (Å²) in [6.07, 6.45) is -3.91. The number of benzene rings is 1. The van der Waals surface area contributed by atoms with Gasteiger partial charge in [-0.2, -0.15) is 13.2 Å². The Kier molecular flexibility index (Phi) is 3.91. The molecule has 3 rings (SSSR count). The maximum absolute atomic E-state index is 12.8. The molecule has 1 saturated heterocycles. The van der Waals surface area contributed by atoms with Crippen molar-refractivity contribution in [2.24, 2.45) is 5.92 Å². The molecule has 0 aromatic heterocycles. The zero-order chi connectivity index (χ0) is 16.6. The van der Waals surface area contributed by atoms with Crippen LogP contribution in [0.25, 0.3) is 0 Å². The highest BCUT2D eigenvalue weighted by Crippen LogP contribution is 2.34. The maximum Gasteiger partial charge on any atom is 0.393 e. The summed E-state index contributed by atoms with van der Waals surface area (Å²) in [5.41, 5.74) is 0.701. The molecule has 1 aromatic rings. The van der Waals surface area contributed by atoms with Gasteiger partial charge in [0.15, 0.2) is 6.61 Å². The highest BCUT2D eigenvalue weighted by Gasteiger charge is 2.42. The summed E-state index contributed by atoms with van der Waals surface area (Å²) in [5.74, 6) is -1.88. The number of amides is 2. The summed E-state index contributed by atoms with van der Waals surface area (Å²) in [5, 5.41) is 2.59. The second kappa shape index (κ2) is 5.75. The van der Waals surface area contributed by atoms with Crippen molar-refractivity contribution in [1.29, 1.82) is 0 Å². The molecule has 124 valence electrons. The molecule has 0 spiro atoms. The number of hydrogen-bond acceptors (Lipinski definition) is 3.